The van der Waals surface area contributed by atoms with Crippen molar-refractivity contribution in [1.82, 2.24) is 35.0 Å². The Hall–Kier alpha value is -3.62. The highest BCUT2D eigenvalue weighted by Crippen LogP contribution is 2.43. The van der Waals surface area contributed by atoms with E-state index in [4.69, 9.17) is 0 Å². The summed E-state index contributed by atoms with van der Waals surface area (Å²) in [6.45, 7) is 3.76. The van der Waals surface area contributed by atoms with Crippen LogP contribution in [0.15, 0.2) is 30.7 Å². The second-order valence-electron chi connectivity index (χ2n) is 11.8. The largest absolute Gasteiger partial charge is 0.414 e. The van der Waals surface area contributed by atoms with E-state index in [2.05, 4.69) is 25.8 Å². The standard InChI is InChI=1S/C28H34F5N7O3/c1-15(2)40-20(7-10-34-40)26(43)38-25(17-5-8-27(29,30)9-6-17)19-14-39-22(36-19)11-18(13-35-39)24(16-3-4-16)37-23(42)12-21(41)28(31,32)33/h7,10-11,13-17,21,24-25,41H,3-6,8-9,12H2,1-2H3,(H,37,42)(H,38,43)/t21-,24?,25-/m0/s1. The van der Waals surface area contributed by atoms with Crippen LogP contribution in [0.3, 0.4) is 0 Å². The van der Waals surface area contributed by atoms with Crippen molar-refractivity contribution < 1.29 is 36.6 Å². The third kappa shape index (κ3) is 7.13. The Morgan fingerprint density at radius 2 is 1.74 bits per heavy atom. The molecule has 0 saturated heterocycles. The molecule has 0 aromatic carbocycles. The van der Waals surface area contributed by atoms with Gasteiger partial charge in [-0.05, 0) is 69.1 Å². The Morgan fingerprint density at radius 1 is 1.07 bits per heavy atom. The summed E-state index contributed by atoms with van der Waals surface area (Å²) in [6.07, 6.45) is -2.95. The van der Waals surface area contributed by atoms with Crippen LogP contribution in [0, 0.1) is 11.8 Å². The first-order chi connectivity index (χ1) is 20.2. The van der Waals surface area contributed by atoms with Crippen LogP contribution in [0.5, 0.6) is 0 Å². The van der Waals surface area contributed by atoms with E-state index in [1.807, 2.05) is 13.8 Å². The fraction of sp³-hybridized carbons (Fsp3) is 0.607. The molecule has 1 unspecified atom stereocenters. The molecule has 3 aromatic heterocycles. The Morgan fingerprint density at radius 3 is 2.37 bits per heavy atom. The minimum absolute atomic E-state index is 0.00702. The lowest BCUT2D eigenvalue weighted by molar-refractivity contribution is -0.206. The van der Waals surface area contributed by atoms with Crippen molar-refractivity contribution in [3.63, 3.8) is 0 Å². The summed E-state index contributed by atoms with van der Waals surface area (Å²) in [5.41, 5.74) is 1.63. The lowest BCUT2D eigenvalue weighted by Gasteiger charge is -2.33. The summed E-state index contributed by atoms with van der Waals surface area (Å²) < 4.78 is 69.3. The number of nitrogens with one attached hydrogen (secondary N) is 2. The average molecular weight is 612 g/mol. The topological polar surface area (TPSA) is 126 Å². The molecule has 43 heavy (non-hydrogen) atoms. The predicted molar refractivity (Wildman–Crippen MR) is 143 cm³/mol. The number of carbonyl (C=O) groups excluding carboxylic acids is 2. The summed E-state index contributed by atoms with van der Waals surface area (Å²) >= 11 is 0. The number of fused-ring (bicyclic) bond motifs is 1. The number of aromatic nitrogens is 5. The molecule has 3 atom stereocenters. The zero-order chi connectivity index (χ0) is 31.1. The van der Waals surface area contributed by atoms with Crippen LogP contribution in [0.4, 0.5) is 22.0 Å². The molecule has 3 aromatic rings. The van der Waals surface area contributed by atoms with E-state index in [0.717, 1.165) is 12.8 Å². The van der Waals surface area contributed by atoms with Crippen LogP contribution in [-0.2, 0) is 4.79 Å². The monoisotopic (exact) mass is 611 g/mol. The van der Waals surface area contributed by atoms with Crippen molar-refractivity contribution in [2.45, 2.75) is 95.1 Å². The number of imidazole rings is 1. The van der Waals surface area contributed by atoms with Crippen molar-refractivity contribution >= 4 is 17.5 Å². The van der Waals surface area contributed by atoms with Crippen molar-refractivity contribution in [2.75, 3.05) is 0 Å². The van der Waals surface area contributed by atoms with Crippen LogP contribution < -0.4 is 10.6 Å². The van der Waals surface area contributed by atoms with Gasteiger partial charge in [-0.25, -0.2) is 18.3 Å². The molecule has 3 N–H and O–H groups in total. The van der Waals surface area contributed by atoms with Crippen LogP contribution in [0.1, 0.15) is 98.7 Å². The maximum atomic E-state index is 14.0. The zero-order valence-corrected chi connectivity index (χ0v) is 23.7. The van der Waals surface area contributed by atoms with Gasteiger partial charge in [0.25, 0.3) is 5.91 Å². The molecule has 15 heteroatoms. The minimum Gasteiger partial charge on any atom is -0.383 e. The van der Waals surface area contributed by atoms with E-state index >= 15 is 0 Å². The highest BCUT2D eigenvalue weighted by molar-refractivity contribution is 5.92. The maximum absolute atomic E-state index is 14.0. The van der Waals surface area contributed by atoms with Gasteiger partial charge in [-0.1, -0.05) is 0 Å². The summed E-state index contributed by atoms with van der Waals surface area (Å²) in [5, 5.41) is 23.5. The highest BCUT2D eigenvalue weighted by atomic mass is 19.4. The SMILES string of the molecule is CC(C)n1nccc1C(=O)N[C@H](c1cn2ncc(C(NC(=O)C[C@H](O)C(F)(F)F)C3CC3)cc2n1)C1CCC(F)(F)CC1. The van der Waals surface area contributed by atoms with Crippen LogP contribution >= 0.6 is 0 Å². The minimum atomic E-state index is -4.91. The highest BCUT2D eigenvalue weighted by Gasteiger charge is 2.42. The molecule has 2 amide bonds. The van der Waals surface area contributed by atoms with Gasteiger partial charge >= 0.3 is 6.18 Å². The van der Waals surface area contributed by atoms with Gasteiger partial charge in [0, 0.05) is 25.1 Å². The molecule has 2 aliphatic carbocycles. The van der Waals surface area contributed by atoms with Gasteiger partial charge in [-0.15, -0.1) is 0 Å². The number of aliphatic hydroxyl groups is 1. The fourth-order valence-corrected chi connectivity index (χ4v) is 5.61. The van der Waals surface area contributed by atoms with Crippen LogP contribution in [0.2, 0.25) is 0 Å². The van der Waals surface area contributed by atoms with Crippen molar-refractivity contribution in [2.24, 2.45) is 11.8 Å². The summed E-state index contributed by atoms with van der Waals surface area (Å²) in [7, 11) is 0. The molecule has 2 fully saturated rings. The second-order valence-corrected chi connectivity index (χ2v) is 11.8. The fourth-order valence-electron chi connectivity index (χ4n) is 5.61. The third-order valence-electron chi connectivity index (χ3n) is 8.12. The molecule has 2 saturated carbocycles. The van der Waals surface area contributed by atoms with E-state index in [-0.39, 0.29) is 43.6 Å². The third-order valence-corrected chi connectivity index (χ3v) is 8.12. The molecular formula is C28H34F5N7O3. The molecule has 0 radical (unpaired) electrons. The second kappa shape index (κ2) is 11.8. The molecule has 0 aliphatic heterocycles. The number of rotatable bonds is 10. The van der Waals surface area contributed by atoms with E-state index in [0.29, 0.717) is 22.6 Å². The van der Waals surface area contributed by atoms with Gasteiger partial charge in [0.05, 0.1) is 36.6 Å². The Labute approximate surface area is 244 Å². The number of nitrogens with zero attached hydrogens (tertiary/aromatic N) is 5. The quantitative estimate of drug-likeness (QED) is 0.286. The predicted octanol–water partition coefficient (Wildman–Crippen LogP) is 4.68. The molecule has 0 bridgehead atoms. The maximum Gasteiger partial charge on any atom is 0.414 e. The summed E-state index contributed by atoms with van der Waals surface area (Å²) in [6, 6.07) is 1.82. The van der Waals surface area contributed by atoms with E-state index < -0.39 is 48.5 Å². The summed E-state index contributed by atoms with van der Waals surface area (Å²) in [5.74, 6) is -4.45. The molecule has 10 nitrogen and oxygen atoms in total. The Bertz CT molecular complexity index is 1460. The smallest absolute Gasteiger partial charge is 0.383 e. The summed E-state index contributed by atoms with van der Waals surface area (Å²) in [4.78, 5) is 30.4. The number of halogens is 5. The zero-order valence-electron chi connectivity index (χ0n) is 23.7. The van der Waals surface area contributed by atoms with Gasteiger partial charge in [0.15, 0.2) is 11.8 Å². The molecular weight excluding hydrogens is 577 g/mol. The van der Waals surface area contributed by atoms with Crippen LogP contribution in [0.25, 0.3) is 5.65 Å². The first-order valence-electron chi connectivity index (χ1n) is 14.3. The number of aliphatic hydroxyl groups excluding tert-OH is 1. The molecule has 3 heterocycles. The van der Waals surface area contributed by atoms with Gasteiger partial charge < -0.3 is 15.7 Å². The molecule has 0 spiro atoms. The van der Waals surface area contributed by atoms with Gasteiger partial charge in [-0.2, -0.15) is 23.4 Å². The van der Waals surface area contributed by atoms with E-state index in [9.17, 15) is 36.6 Å². The first kappa shape index (κ1) is 30.8. The number of amides is 2. The van der Waals surface area contributed by atoms with Gasteiger partial charge in [0.1, 0.15) is 5.69 Å². The van der Waals surface area contributed by atoms with Crippen molar-refractivity contribution in [3.05, 3.63) is 47.7 Å². The Kier molecular flexibility index (Phi) is 8.47. The van der Waals surface area contributed by atoms with Gasteiger partial charge in [0.2, 0.25) is 11.8 Å². The van der Waals surface area contributed by atoms with E-state index in [1.54, 1.807) is 23.0 Å². The average Bonchev–Trinajstić information content (AvgIpc) is 3.47. The normalized spacial score (nSPS) is 19.7. The molecule has 2 aliphatic rings. The lowest BCUT2D eigenvalue weighted by atomic mass is 9.81. The number of hydrogen-bond acceptors (Lipinski definition) is 6. The van der Waals surface area contributed by atoms with Crippen molar-refractivity contribution in [3.8, 4) is 0 Å². The Balaban J connectivity index is 1.41. The number of hydrogen-bond donors (Lipinski definition) is 3. The van der Waals surface area contributed by atoms with Crippen molar-refractivity contribution in [1.29, 1.82) is 0 Å². The lowest BCUT2D eigenvalue weighted by Crippen LogP contribution is -2.38. The molecule has 234 valence electrons. The number of carbonyl (C=O) groups is 2. The molecule has 5 rings (SSSR count). The number of alkyl halides is 5. The van der Waals surface area contributed by atoms with E-state index in [1.165, 1.54) is 16.9 Å². The van der Waals surface area contributed by atoms with Crippen LogP contribution in [-0.4, -0.2) is 59.5 Å². The first-order valence-corrected chi connectivity index (χ1v) is 14.3. The van der Waals surface area contributed by atoms with Gasteiger partial charge in [-0.3, -0.25) is 14.3 Å².